The molecule has 0 N–H and O–H groups in total. The summed E-state index contributed by atoms with van der Waals surface area (Å²) in [6.07, 6.45) is 0. The molecule has 6 rings (SSSR count). The van der Waals surface area contributed by atoms with Crippen molar-refractivity contribution >= 4 is 16.9 Å². The minimum atomic E-state index is -0.376. The fourth-order valence-electron chi connectivity index (χ4n) is 4.53. The van der Waals surface area contributed by atoms with E-state index in [0.29, 0.717) is 17.9 Å². The fourth-order valence-corrected chi connectivity index (χ4v) is 4.53. The summed E-state index contributed by atoms with van der Waals surface area (Å²) in [5, 5.41) is 0.978. The highest BCUT2D eigenvalue weighted by Gasteiger charge is 2.15. The minimum absolute atomic E-state index is 0.376. The van der Waals surface area contributed by atoms with Gasteiger partial charge in [0.05, 0.1) is 16.8 Å². The van der Waals surface area contributed by atoms with Crippen LogP contribution in [0.2, 0.25) is 0 Å². The number of aromatic nitrogens is 1. The van der Waals surface area contributed by atoms with Gasteiger partial charge in [-0.25, -0.2) is 4.79 Å². The Balaban J connectivity index is 1.33. The molecule has 0 aliphatic rings. The number of rotatable bonds is 7. The number of carbonyl (C=O) groups excluding carboxylic acids is 1. The molecular formula is C34H25NO3. The van der Waals surface area contributed by atoms with Crippen LogP contribution in [0.25, 0.3) is 27.8 Å². The molecule has 0 saturated heterocycles. The van der Waals surface area contributed by atoms with E-state index in [2.05, 4.69) is 47.0 Å². The summed E-state index contributed by atoms with van der Waals surface area (Å²) in [5.41, 5.74) is 5.81. The number of ether oxygens (including phenoxy) is 2. The van der Waals surface area contributed by atoms with Gasteiger partial charge >= 0.3 is 5.97 Å². The first kappa shape index (κ1) is 23.3. The van der Waals surface area contributed by atoms with Crippen molar-refractivity contribution in [2.75, 3.05) is 0 Å². The van der Waals surface area contributed by atoms with Crippen LogP contribution in [0.5, 0.6) is 11.5 Å². The van der Waals surface area contributed by atoms with Crippen molar-refractivity contribution in [3.63, 3.8) is 0 Å². The Labute approximate surface area is 221 Å². The molecule has 0 atom stereocenters. The van der Waals surface area contributed by atoms with Crippen molar-refractivity contribution < 1.29 is 14.3 Å². The lowest BCUT2D eigenvalue weighted by molar-refractivity contribution is 0.0735. The first-order valence-corrected chi connectivity index (χ1v) is 12.5. The third kappa shape index (κ3) is 4.93. The Morgan fingerprint density at radius 1 is 0.632 bits per heavy atom. The van der Waals surface area contributed by atoms with Gasteiger partial charge < -0.3 is 14.0 Å². The maximum absolute atomic E-state index is 12.6. The van der Waals surface area contributed by atoms with E-state index in [9.17, 15) is 4.79 Å². The highest BCUT2D eigenvalue weighted by atomic mass is 16.5. The largest absolute Gasteiger partial charge is 0.489 e. The topological polar surface area (TPSA) is 40.5 Å². The van der Waals surface area contributed by atoms with E-state index in [4.69, 9.17) is 9.47 Å². The second-order valence-electron chi connectivity index (χ2n) is 8.98. The highest BCUT2D eigenvalue weighted by Crippen LogP contribution is 2.34. The van der Waals surface area contributed by atoms with Crippen LogP contribution in [0.4, 0.5) is 0 Å². The number of hydrogen-bond donors (Lipinski definition) is 0. The second-order valence-corrected chi connectivity index (χ2v) is 8.98. The normalized spacial score (nSPS) is 10.8. The third-order valence-electron chi connectivity index (χ3n) is 6.41. The number of benzene rings is 5. The van der Waals surface area contributed by atoms with E-state index in [1.165, 1.54) is 0 Å². The fraction of sp³-hybridized carbons (Fsp3) is 0.0294. The maximum Gasteiger partial charge on any atom is 0.343 e. The summed E-state index contributed by atoms with van der Waals surface area (Å²) in [7, 11) is 0. The van der Waals surface area contributed by atoms with Gasteiger partial charge in [0.2, 0.25) is 0 Å². The average molecular weight is 496 g/mol. The Kier molecular flexibility index (Phi) is 6.44. The van der Waals surface area contributed by atoms with E-state index in [0.717, 1.165) is 39.2 Å². The quantitative estimate of drug-likeness (QED) is 0.166. The summed E-state index contributed by atoms with van der Waals surface area (Å²) in [6.45, 7) is 0.520. The van der Waals surface area contributed by atoms with Crippen LogP contribution < -0.4 is 9.47 Å². The zero-order valence-corrected chi connectivity index (χ0v) is 20.7. The summed E-state index contributed by atoms with van der Waals surface area (Å²) >= 11 is 0. The van der Waals surface area contributed by atoms with E-state index >= 15 is 0 Å². The Hall–Kier alpha value is -5.09. The monoisotopic (exact) mass is 495 g/mol. The van der Waals surface area contributed by atoms with Gasteiger partial charge in [-0.05, 0) is 71.8 Å². The van der Waals surface area contributed by atoms with Gasteiger partial charge in [-0.15, -0.1) is 0 Å². The van der Waals surface area contributed by atoms with E-state index < -0.39 is 0 Å². The highest BCUT2D eigenvalue weighted by molar-refractivity contribution is 5.93. The lowest BCUT2D eigenvalue weighted by Gasteiger charge is -2.13. The predicted molar refractivity (Wildman–Crippen MR) is 151 cm³/mol. The molecule has 0 fully saturated rings. The van der Waals surface area contributed by atoms with Crippen molar-refractivity contribution in [3.8, 4) is 28.4 Å². The summed E-state index contributed by atoms with van der Waals surface area (Å²) in [4.78, 5) is 12.6. The third-order valence-corrected chi connectivity index (χ3v) is 6.41. The first-order valence-electron chi connectivity index (χ1n) is 12.5. The molecule has 0 radical (unpaired) electrons. The molecule has 1 heterocycles. The van der Waals surface area contributed by atoms with Gasteiger partial charge in [0.1, 0.15) is 18.1 Å². The molecule has 0 aliphatic carbocycles. The lowest BCUT2D eigenvalue weighted by atomic mass is 10.1. The molecule has 0 unspecified atom stereocenters. The zero-order valence-electron chi connectivity index (χ0n) is 20.7. The van der Waals surface area contributed by atoms with Crippen LogP contribution in [-0.2, 0) is 6.61 Å². The van der Waals surface area contributed by atoms with Crippen molar-refractivity contribution in [2.24, 2.45) is 0 Å². The molecule has 0 aliphatic heterocycles. The maximum atomic E-state index is 12.6. The molecule has 1 aromatic heterocycles. The number of nitrogens with zero attached hydrogens (tertiary/aromatic N) is 1. The molecule has 184 valence electrons. The molecule has 6 aromatic rings. The van der Waals surface area contributed by atoms with Crippen molar-refractivity contribution in [1.82, 2.24) is 4.57 Å². The van der Waals surface area contributed by atoms with Crippen LogP contribution in [0, 0.1) is 0 Å². The van der Waals surface area contributed by atoms with E-state index in [-0.39, 0.29) is 5.97 Å². The number of esters is 1. The van der Waals surface area contributed by atoms with E-state index in [1.807, 2.05) is 84.9 Å². The van der Waals surface area contributed by atoms with Gasteiger partial charge in [0.15, 0.2) is 0 Å². The SMILES string of the molecule is O=C(Oc1ccc2c(c1)cc(-c1ccccc1)n2-c1ccc(OCc2ccccc2)cc1)c1ccccc1. The standard InChI is InChI=1S/C34H25NO3/c36-34(27-14-8-3-9-15-27)38-31-20-21-32-28(22-31)23-33(26-12-6-2-7-13-26)35(32)29-16-18-30(19-17-29)37-24-25-10-4-1-5-11-25/h1-23H,24H2. The lowest BCUT2D eigenvalue weighted by Crippen LogP contribution is -2.08. The van der Waals surface area contributed by atoms with Crippen LogP contribution >= 0.6 is 0 Å². The molecule has 5 aromatic carbocycles. The number of hydrogen-bond acceptors (Lipinski definition) is 3. The molecule has 4 heteroatoms. The van der Waals surface area contributed by atoms with Gasteiger partial charge in [0.25, 0.3) is 0 Å². The summed E-state index contributed by atoms with van der Waals surface area (Å²) in [5.74, 6) is 0.942. The molecular weight excluding hydrogens is 470 g/mol. The smallest absolute Gasteiger partial charge is 0.343 e. The summed E-state index contributed by atoms with van der Waals surface area (Å²) in [6, 6.07) is 45.4. The van der Waals surface area contributed by atoms with Crippen LogP contribution in [0.1, 0.15) is 15.9 Å². The summed E-state index contributed by atoms with van der Waals surface area (Å²) < 4.78 is 13.9. The van der Waals surface area contributed by atoms with Gasteiger partial charge in [0, 0.05) is 11.1 Å². The molecule has 0 amide bonds. The van der Waals surface area contributed by atoms with Crippen molar-refractivity contribution in [2.45, 2.75) is 6.61 Å². The van der Waals surface area contributed by atoms with Crippen LogP contribution in [-0.4, -0.2) is 10.5 Å². The molecule has 0 saturated carbocycles. The second kappa shape index (κ2) is 10.5. The van der Waals surface area contributed by atoms with Gasteiger partial charge in [-0.2, -0.15) is 0 Å². The molecule has 38 heavy (non-hydrogen) atoms. The van der Waals surface area contributed by atoms with Crippen molar-refractivity contribution in [3.05, 3.63) is 151 Å². The Morgan fingerprint density at radius 2 is 1.26 bits per heavy atom. The number of fused-ring (bicyclic) bond motifs is 1. The van der Waals surface area contributed by atoms with Crippen LogP contribution in [0.15, 0.2) is 140 Å². The van der Waals surface area contributed by atoms with Gasteiger partial charge in [-0.3, -0.25) is 0 Å². The first-order chi connectivity index (χ1) is 18.7. The average Bonchev–Trinajstić information content (AvgIpc) is 3.36. The van der Waals surface area contributed by atoms with Crippen LogP contribution in [0.3, 0.4) is 0 Å². The zero-order chi connectivity index (χ0) is 25.7. The number of carbonyl (C=O) groups is 1. The van der Waals surface area contributed by atoms with Crippen molar-refractivity contribution in [1.29, 1.82) is 0 Å². The molecule has 0 bridgehead atoms. The molecule has 4 nitrogen and oxygen atoms in total. The van der Waals surface area contributed by atoms with Gasteiger partial charge in [-0.1, -0.05) is 78.9 Å². The van der Waals surface area contributed by atoms with E-state index in [1.54, 1.807) is 12.1 Å². The molecule has 0 spiro atoms. The minimum Gasteiger partial charge on any atom is -0.489 e. The Morgan fingerprint density at radius 3 is 1.97 bits per heavy atom. The Bertz CT molecular complexity index is 1670. The predicted octanol–water partition coefficient (Wildman–Crippen LogP) is 8.10.